The van der Waals surface area contributed by atoms with Crippen LogP contribution in [0.15, 0.2) is 66.7 Å². The van der Waals surface area contributed by atoms with Crippen molar-refractivity contribution in [3.63, 3.8) is 0 Å². The third kappa shape index (κ3) is 4.76. The van der Waals surface area contributed by atoms with E-state index in [2.05, 4.69) is 4.18 Å². The van der Waals surface area contributed by atoms with Crippen LogP contribution < -0.4 is 9.64 Å². The summed E-state index contributed by atoms with van der Waals surface area (Å²) in [5, 5.41) is 0.232. The zero-order valence-electron chi connectivity index (χ0n) is 18.5. The molecule has 0 spiro atoms. The lowest BCUT2D eigenvalue weighted by molar-refractivity contribution is -0.135. The molecule has 1 heterocycles. The van der Waals surface area contributed by atoms with Crippen LogP contribution in [0.2, 0.25) is 5.02 Å². The van der Waals surface area contributed by atoms with Gasteiger partial charge in [-0.3, -0.25) is 4.79 Å². The van der Waals surface area contributed by atoms with Gasteiger partial charge in [0.05, 0.1) is 5.02 Å². The first kappa shape index (κ1) is 25.5. The number of esters is 1. The molecule has 0 saturated heterocycles. The molecule has 0 N–H and O–H groups in total. The number of halogens is 4. The van der Waals surface area contributed by atoms with Crippen molar-refractivity contribution in [1.82, 2.24) is 0 Å². The van der Waals surface area contributed by atoms with Gasteiger partial charge in [0.15, 0.2) is 5.75 Å². The summed E-state index contributed by atoms with van der Waals surface area (Å²) in [4.78, 5) is 27.0. The van der Waals surface area contributed by atoms with E-state index in [0.717, 1.165) is 0 Å². The number of ether oxygens (including phenoxy) is 1. The molecule has 0 saturated carbocycles. The summed E-state index contributed by atoms with van der Waals surface area (Å²) in [6.07, 6.45) is 0. The van der Waals surface area contributed by atoms with Crippen LogP contribution in [0.4, 0.5) is 24.5 Å². The fraction of sp³-hybridized carbons (Fsp3) is 0.167. The van der Waals surface area contributed by atoms with Crippen molar-refractivity contribution in [2.45, 2.75) is 18.3 Å². The Labute approximate surface area is 209 Å². The van der Waals surface area contributed by atoms with Crippen LogP contribution >= 0.6 is 11.6 Å². The summed E-state index contributed by atoms with van der Waals surface area (Å²) in [6, 6.07) is 17.7. The van der Waals surface area contributed by atoms with Gasteiger partial charge in [-0.25, -0.2) is 4.79 Å². The van der Waals surface area contributed by atoms with Gasteiger partial charge in [0, 0.05) is 11.4 Å². The molecule has 3 aromatic carbocycles. The molecule has 1 aliphatic heterocycles. The number of para-hydroxylation sites is 3. The largest absolute Gasteiger partial charge is 0.534 e. The summed E-state index contributed by atoms with van der Waals surface area (Å²) >= 11 is 6.21. The van der Waals surface area contributed by atoms with Gasteiger partial charge in [0.1, 0.15) is 12.5 Å². The van der Waals surface area contributed by atoms with E-state index in [1.807, 2.05) is 0 Å². The Balaban J connectivity index is 1.73. The smallest absolute Gasteiger partial charge is 0.424 e. The molecule has 0 bridgehead atoms. The van der Waals surface area contributed by atoms with E-state index in [0.29, 0.717) is 16.7 Å². The summed E-state index contributed by atoms with van der Waals surface area (Å²) in [7, 11) is -6.13. The summed E-state index contributed by atoms with van der Waals surface area (Å²) < 4.78 is 70.1. The van der Waals surface area contributed by atoms with Crippen LogP contribution in [0.1, 0.15) is 22.6 Å². The lowest BCUT2D eigenvalue weighted by Crippen LogP contribution is -2.36. The van der Waals surface area contributed by atoms with Gasteiger partial charge in [0.2, 0.25) is 0 Å². The predicted molar refractivity (Wildman–Crippen MR) is 125 cm³/mol. The molecule has 1 aliphatic rings. The Morgan fingerprint density at radius 1 is 0.944 bits per heavy atom. The van der Waals surface area contributed by atoms with E-state index < -0.39 is 40.0 Å². The number of alkyl halides is 3. The lowest BCUT2D eigenvalue weighted by atomic mass is 9.85. The zero-order chi connectivity index (χ0) is 26.3. The molecule has 36 heavy (non-hydrogen) atoms. The van der Waals surface area contributed by atoms with Crippen molar-refractivity contribution < 1.29 is 40.1 Å². The molecule has 4 rings (SSSR count). The maximum atomic E-state index is 13.4. The van der Waals surface area contributed by atoms with E-state index in [1.54, 1.807) is 61.5 Å². The minimum Gasteiger partial charge on any atom is -0.424 e. The minimum atomic E-state index is -6.13. The second kappa shape index (κ2) is 9.47. The number of fused-ring (bicyclic) bond motifs is 2. The van der Waals surface area contributed by atoms with E-state index in [1.165, 1.54) is 17.0 Å². The topological polar surface area (TPSA) is 90.0 Å². The molecule has 0 fully saturated rings. The maximum absolute atomic E-state index is 13.4. The first-order valence-corrected chi connectivity index (χ1v) is 12.1. The van der Waals surface area contributed by atoms with E-state index in [9.17, 15) is 31.2 Å². The van der Waals surface area contributed by atoms with Gasteiger partial charge in [-0.05, 0) is 41.8 Å². The third-order valence-electron chi connectivity index (χ3n) is 5.45. The second-order valence-corrected chi connectivity index (χ2v) is 9.74. The molecular formula is C24H17ClF3NO6S. The van der Waals surface area contributed by atoms with Gasteiger partial charge < -0.3 is 13.8 Å². The van der Waals surface area contributed by atoms with Crippen LogP contribution in [0, 0.1) is 6.92 Å². The zero-order valence-corrected chi connectivity index (χ0v) is 20.0. The average Bonchev–Trinajstić information content (AvgIpc) is 2.80. The highest BCUT2D eigenvalue weighted by Gasteiger charge is 2.50. The van der Waals surface area contributed by atoms with Crippen LogP contribution in [-0.2, 0) is 23.9 Å². The number of rotatable bonds is 5. The molecule has 0 radical (unpaired) electrons. The highest BCUT2D eigenvalue weighted by atomic mass is 35.5. The van der Waals surface area contributed by atoms with Crippen molar-refractivity contribution in [3.05, 3.63) is 88.4 Å². The average molecular weight is 540 g/mol. The Morgan fingerprint density at radius 2 is 1.50 bits per heavy atom. The Morgan fingerprint density at radius 3 is 2.03 bits per heavy atom. The summed E-state index contributed by atoms with van der Waals surface area (Å²) in [5.74, 6) is -3.11. The van der Waals surface area contributed by atoms with Crippen LogP contribution in [0.5, 0.6) is 5.75 Å². The monoisotopic (exact) mass is 539 g/mol. The quantitative estimate of drug-likeness (QED) is 0.190. The summed E-state index contributed by atoms with van der Waals surface area (Å²) in [5.41, 5.74) is -3.78. The normalized spacial score (nSPS) is 13.5. The number of benzene rings is 3. The maximum Gasteiger partial charge on any atom is 0.534 e. The first-order valence-electron chi connectivity index (χ1n) is 10.4. The van der Waals surface area contributed by atoms with Crippen molar-refractivity contribution in [1.29, 1.82) is 0 Å². The second-order valence-electron chi connectivity index (χ2n) is 7.80. The number of nitrogens with zero attached hydrogens (tertiary/aromatic N) is 1. The molecule has 7 nitrogen and oxygen atoms in total. The number of anilines is 2. The standard InChI is InChI=1S/C24H17ClF3NO6S/c1-14-7-6-10-17(25)22(14)34-23(31)21-15-8-2-4-11-18(15)29(19-12-5-3-9-16(19)21)13-20(30)35-36(32,33)24(26,27)28/h2-12,21H,13H2,1H3. The van der Waals surface area contributed by atoms with Crippen molar-refractivity contribution >= 4 is 45.0 Å². The first-order chi connectivity index (χ1) is 16.9. The van der Waals surface area contributed by atoms with Crippen molar-refractivity contribution in [3.8, 4) is 5.75 Å². The molecular weight excluding hydrogens is 523 g/mol. The van der Waals surface area contributed by atoms with Crippen LogP contribution in [0.3, 0.4) is 0 Å². The number of carbonyl (C=O) groups excluding carboxylic acids is 2. The third-order valence-corrected chi connectivity index (χ3v) is 6.72. The molecule has 0 atom stereocenters. The molecule has 3 aromatic rings. The van der Waals surface area contributed by atoms with Crippen LogP contribution in [0.25, 0.3) is 0 Å². The van der Waals surface area contributed by atoms with E-state index in [4.69, 9.17) is 16.3 Å². The van der Waals surface area contributed by atoms with Crippen molar-refractivity contribution in [2.24, 2.45) is 0 Å². The number of aryl methyl sites for hydroxylation is 1. The Kier molecular flexibility index (Phi) is 6.72. The number of carbonyl (C=O) groups is 2. The van der Waals surface area contributed by atoms with E-state index in [-0.39, 0.29) is 22.1 Å². The predicted octanol–water partition coefficient (Wildman–Crippen LogP) is 5.23. The van der Waals surface area contributed by atoms with Gasteiger partial charge in [0.25, 0.3) is 0 Å². The number of hydrogen-bond donors (Lipinski definition) is 0. The Hall–Kier alpha value is -3.57. The van der Waals surface area contributed by atoms with E-state index >= 15 is 0 Å². The fourth-order valence-electron chi connectivity index (χ4n) is 3.91. The highest BCUT2D eigenvalue weighted by Crippen LogP contribution is 2.46. The highest BCUT2D eigenvalue weighted by molar-refractivity contribution is 7.88. The molecule has 0 unspecified atom stereocenters. The minimum absolute atomic E-state index is 0.183. The summed E-state index contributed by atoms with van der Waals surface area (Å²) in [6.45, 7) is 0.855. The van der Waals surface area contributed by atoms with Gasteiger partial charge in [-0.15, -0.1) is 0 Å². The molecule has 0 aliphatic carbocycles. The van der Waals surface area contributed by atoms with Gasteiger partial charge in [-0.2, -0.15) is 21.6 Å². The number of hydrogen-bond acceptors (Lipinski definition) is 7. The molecule has 12 heteroatoms. The van der Waals surface area contributed by atoms with Gasteiger partial charge in [-0.1, -0.05) is 60.1 Å². The Bertz CT molecular complexity index is 1390. The molecule has 0 aromatic heterocycles. The SMILES string of the molecule is Cc1cccc(Cl)c1OC(=O)C1c2ccccc2N(CC(=O)OS(=O)(=O)C(F)(F)F)c2ccccc21. The molecule has 188 valence electrons. The van der Waals surface area contributed by atoms with Crippen LogP contribution in [-0.4, -0.2) is 32.4 Å². The van der Waals surface area contributed by atoms with Crippen molar-refractivity contribution in [2.75, 3.05) is 11.4 Å². The lowest BCUT2D eigenvalue weighted by Gasteiger charge is -2.36. The fourth-order valence-corrected chi connectivity index (χ4v) is 4.56. The van der Waals surface area contributed by atoms with Gasteiger partial charge >= 0.3 is 27.6 Å². The molecule has 0 amide bonds.